The Hall–Kier alpha value is -4.24. The van der Waals surface area contributed by atoms with Crippen molar-refractivity contribution in [2.24, 2.45) is 0 Å². The van der Waals surface area contributed by atoms with Gasteiger partial charge in [0.1, 0.15) is 11.2 Å². The van der Waals surface area contributed by atoms with E-state index in [1.54, 1.807) is 25.5 Å². The van der Waals surface area contributed by atoms with Gasteiger partial charge in [-0.25, -0.2) is 9.97 Å². The van der Waals surface area contributed by atoms with Crippen molar-refractivity contribution in [1.82, 2.24) is 35.1 Å². The molecule has 33 heavy (non-hydrogen) atoms. The zero-order valence-electron chi connectivity index (χ0n) is 17.7. The molecule has 8 nitrogen and oxygen atoms in total. The molecule has 0 fully saturated rings. The fourth-order valence-electron chi connectivity index (χ4n) is 3.89. The highest BCUT2D eigenvalue weighted by atomic mass is 32.1. The zero-order chi connectivity index (χ0) is 22.5. The Balaban J connectivity index is 1.49. The van der Waals surface area contributed by atoms with Gasteiger partial charge in [-0.3, -0.25) is 19.9 Å². The minimum Gasteiger partial charge on any atom is -0.335 e. The summed E-state index contributed by atoms with van der Waals surface area (Å²) in [5.41, 5.74) is 6.91. The number of H-pyrrole nitrogens is 2. The molecule has 0 saturated heterocycles. The number of carbonyl (C=O) groups is 1. The number of ketones is 1. The summed E-state index contributed by atoms with van der Waals surface area (Å²) in [6.07, 6.45) is 8.95. The second-order valence-electron chi connectivity index (χ2n) is 7.77. The molecule has 2 N–H and O–H groups in total. The maximum atomic E-state index is 11.7. The van der Waals surface area contributed by atoms with Crippen LogP contribution < -0.4 is 0 Å². The monoisotopic (exact) mass is 451 g/mol. The Bertz CT molecular complexity index is 1680. The molecule has 0 aliphatic heterocycles. The normalized spacial score (nSPS) is 11.5. The molecule has 160 valence electrons. The zero-order valence-corrected chi connectivity index (χ0v) is 18.6. The maximum absolute atomic E-state index is 11.7. The molecule has 0 radical (unpaired) electrons. The molecule has 0 atom stereocenters. The molecule has 0 aromatic carbocycles. The summed E-state index contributed by atoms with van der Waals surface area (Å²) >= 11 is 1.44. The van der Waals surface area contributed by atoms with Crippen molar-refractivity contribution < 1.29 is 4.79 Å². The molecule has 0 unspecified atom stereocenters. The third kappa shape index (κ3) is 3.21. The first-order valence-corrected chi connectivity index (χ1v) is 11.1. The molecule has 6 aromatic rings. The average molecular weight is 452 g/mol. The lowest BCUT2D eigenvalue weighted by Crippen LogP contribution is -1.87. The van der Waals surface area contributed by atoms with E-state index in [-0.39, 0.29) is 5.78 Å². The van der Waals surface area contributed by atoms with Crippen molar-refractivity contribution in [3.63, 3.8) is 0 Å². The summed E-state index contributed by atoms with van der Waals surface area (Å²) in [6, 6.07) is 7.80. The number of pyridine rings is 3. The molecule has 0 aliphatic rings. The van der Waals surface area contributed by atoms with E-state index in [1.165, 1.54) is 11.3 Å². The second kappa shape index (κ2) is 7.42. The third-order valence-corrected chi connectivity index (χ3v) is 6.82. The van der Waals surface area contributed by atoms with E-state index in [1.807, 2.05) is 37.5 Å². The highest BCUT2D eigenvalue weighted by Crippen LogP contribution is 2.35. The predicted octanol–water partition coefficient (Wildman–Crippen LogP) is 5.20. The molecule has 0 bridgehead atoms. The van der Waals surface area contributed by atoms with E-state index >= 15 is 0 Å². The van der Waals surface area contributed by atoms with Crippen molar-refractivity contribution >= 4 is 39.2 Å². The molecule has 0 spiro atoms. The van der Waals surface area contributed by atoms with Crippen LogP contribution in [0.1, 0.15) is 22.2 Å². The van der Waals surface area contributed by atoms with Crippen LogP contribution in [0.3, 0.4) is 0 Å². The van der Waals surface area contributed by atoms with Gasteiger partial charge in [-0.1, -0.05) is 0 Å². The largest absolute Gasteiger partial charge is 0.335 e. The first-order chi connectivity index (χ1) is 16.1. The van der Waals surface area contributed by atoms with Gasteiger partial charge < -0.3 is 4.98 Å². The molecular weight excluding hydrogens is 434 g/mol. The van der Waals surface area contributed by atoms with E-state index < -0.39 is 0 Å². The molecule has 0 aliphatic carbocycles. The fraction of sp³-hybridized carbons (Fsp3) is 0.0833. The summed E-state index contributed by atoms with van der Waals surface area (Å²) in [6.45, 7) is 3.62. The minimum absolute atomic E-state index is 0.0456. The smallest absolute Gasteiger partial charge is 0.169 e. The van der Waals surface area contributed by atoms with Crippen LogP contribution in [-0.2, 0) is 0 Å². The van der Waals surface area contributed by atoms with Gasteiger partial charge in [-0.2, -0.15) is 5.10 Å². The number of hydrogen-bond acceptors (Lipinski definition) is 7. The van der Waals surface area contributed by atoms with Gasteiger partial charge in [-0.05, 0) is 43.7 Å². The van der Waals surface area contributed by atoms with Crippen LogP contribution in [0.25, 0.3) is 55.2 Å². The number of aromatic nitrogens is 7. The van der Waals surface area contributed by atoms with Crippen LogP contribution in [0, 0.1) is 6.92 Å². The maximum Gasteiger partial charge on any atom is 0.169 e. The summed E-state index contributed by atoms with van der Waals surface area (Å²) in [5, 5.41) is 8.35. The lowest BCUT2D eigenvalue weighted by atomic mass is 10.0. The number of fused-ring (bicyclic) bond motifs is 2. The van der Waals surface area contributed by atoms with Crippen molar-refractivity contribution in [2.75, 3.05) is 0 Å². The third-order valence-electron chi connectivity index (χ3n) is 5.60. The number of nitrogens with zero attached hydrogens (tertiary/aromatic N) is 5. The van der Waals surface area contributed by atoms with Gasteiger partial charge in [0.05, 0.1) is 22.0 Å². The summed E-state index contributed by atoms with van der Waals surface area (Å²) in [7, 11) is 0. The van der Waals surface area contributed by atoms with Gasteiger partial charge in [-0.15, -0.1) is 11.3 Å². The lowest BCUT2D eigenvalue weighted by Gasteiger charge is -2.04. The lowest BCUT2D eigenvalue weighted by molar-refractivity contribution is 0.102. The molecular formula is C24H17N7OS. The van der Waals surface area contributed by atoms with E-state index in [0.717, 1.165) is 43.6 Å². The van der Waals surface area contributed by atoms with E-state index in [9.17, 15) is 4.79 Å². The van der Waals surface area contributed by atoms with Crippen LogP contribution in [-0.4, -0.2) is 40.9 Å². The van der Waals surface area contributed by atoms with E-state index in [0.29, 0.717) is 22.0 Å². The number of aromatic amines is 2. The van der Waals surface area contributed by atoms with Crippen LogP contribution >= 0.6 is 11.3 Å². The molecule has 6 aromatic heterocycles. The Labute approximate surface area is 191 Å². The number of Topliss-reactive ketones (excluding diaryl/α,β-unsaturated/α-hetero) is 1. The SMILES string of the molecule is CC(=O)c1ccc(-c2cncc3[nH]c(-c4n[nH]c5ncc(-c6cnccc6C)cc45)nc23)s1. The quantitative estimate of drug-likeness (QED) is 0.356. The standard InChI is InChI=1S/C24H17N7OS/c1-12-5-6-25-9-16(12)14-7-15-22(30-31-23(15)27-8-14)24-28-18-11-26-10-17(21(18)29-24)20-4-3-19(33-20)13(2)32/h3-11H,1-2H3,(H,28,29)(H,27,30,31). The first kappa shape index (κ1) is 19.4. The van der Waals surface area contributed by atoms with Crippen LogP contribution in [0.4, 0.5) is 0 Å². The number of hydrogen-bond donors (Lipinski definition) is 2. The number of aryl methyl sites for hydroxylation is 1. The average Bonchev–Trinajstić information content (AvgIpc) is 3.56. The topological polar surface area (TPSA) is 113 Å². The van der Waals surface area contributed by atoms with Crippen molar-refractivity contribution in [2.45, 2.75) is 13.8 Å². The van der Waals surface area contributed by atoms with Gasteiger partial charge in [0.2, 0.25) is 0 Å². The summed E-state index contributed by atoms with van der Waals surface area (Å²) in [4.78, 5) is 34.8. The number of imidazole rings is 1. The van der Waals surface area contributed by atoms with Gasteiger partial charge >= 0.3 is 0 Å². The number of carbonyl (C=O) groups excluding carboxylic acids is 1. The molecule has 6 rings (SSSR count). The Morgan fingerprint density at radius 2 is 1.91 bits per heavy atom. The highest BCUT2D eigenvalue weighted by molar-refractivity contribution is 7.17. The minimum atomic E-state index is 0.0456. The van der Waals surface area contributed by atoms with Gasteiger partial charge in [0, 0.05) is 46.4 Å². The Kier molecular flexibility index (Phi) is 4.37. The number of thiophene rings is 1. The molecule has 6 heterocycles. The van der Waals surface area contributed by atoms with E-state index in [2.05, 4.69) is 36.2 Å². The highest BCUT2D eigenvalue weighted by Gasteiger charge is 2.18. The Morgan fingerprint density at radius 1 is 1.03 bits per heavy atom. The number of rotatable bonds is 4. The molecule has 0 amide bonds. The molecule has 0 saturated carbocycles. The van der Waals surface area contributed by atoms with E-state index in [4.69, 9.17) is 4.98 Å². The van der Waals surface area contributed by atoms with Crippen LogP contribution in [0.15, 0.2) is 55.2 Å². The molecule has 9 heteroatoms. The van der Waals surface area contributed by atoms with Gasteiger partial charge in [0.15, 0.2) is 17.3 Å². The predicted molar refractivity (Wildman–Crippen MR) is 128 cm³/mol. The summed E-state index contributed by atoms with van der Waals surface area (Å²) < 4.78 is 0. The first-order valence-electron chi connectivity index (χ1n) is 10.3. The number of nitrogens with one attached hydrogen (secondary N) is 2. The summed E-state index contributed by atoms with van der Waals surface area (Å²) in [5.74, 6) is 0.667. The van der Waals surface area contributed by atoms with Gasteiger partial charge in [0.25, 0.3) is 0 Å². The van der Waals surface area contributed by atoms with Crippen LogP contribution in [0.5, 0.6) is 0 Å². The van der Waals surface area contributed by atoms with Crippen molar-refractivity contribution in [3.8, 4) is 33.1 Å². The second-order valence-corrected chi connectivity index (χ2v) is 8.86. The van der Waals surface area contributed by atoms with Crippen molar-refractivity contribution in [1.29, 1.82) is 0 Å². The van der Waals surface area contributed by atoms with Crippen LogP contribution in [0.2, 0.25) is 0 Å². The van der Waals surface area contributed by atoms with Crippen molar-refractivity contribution in [3.05, 3.63) is 65.7 Å². The Morgan fingerprint density at radius 3 is 2.73 bits per heavy atom. The fourth-order valence-corrected chi connectivity index (χ4v) is 4.81.